The Morgan fingerprint density at radius 3 is 2.90 bits per heavy atom. The van der Waals surface area contributed by atoms with Gasteiger partial charge in [-0.1, -0.05) is 11.8 Å². The van der Waals surface area contributed by atoms with Gasteiger partial charge in [0.1, 0.15) is 17.6 Å². The lowest BCUT2D eigenvalue weighted by Crippen LogP contribution is -2.18. The molecule has 0 saturated heterocycles. The van der Waals surface area contributed by atoms with E-state index in [0.29, 0.717) is 34.6 Å². The number of amides is 1. The summed E-state index contributed by atoms with van der Waals surface area (Å²) < 4.78 is 12.9. The van der Waals surface area contributed by atoms with Crippen LogP contribution < -0.4 is 5.32 Å². The predicted molar refractivity (Wildman–Crippen MR) is 118 cm³/mol. The Labute approximate surface area is 188 Å². The van der Waals surface area contributed by atoms with Gasteiger partial charge in [-0.25, -0.2) is 4.98 Å². The Morgan fingerprint density at radius 2 is 2.23 bits per heavy atom. The van der Waals surface area contributed by atoms with Crippen molar-refractivity contribution in [2.45, 2.75) is 38.1 Å². The van der Waals surface area contributed by atoms with E-state index in [1.165, 1.54) is 23.1 Å². The number of aromatic nitrogens is 2. The Bertz CT molecular complexity index is 1110. The molecule has 0 unspecified atom stereocenters. The molecule has 0 atom stereocenters. The number of esters is 1. The third kappa shape index (κ3) is 5.57. The van der Waals surface area contributed by atoms with Crippen LogP contribution >= 0.6 is 23.1 Å². The molecule has 0 aliphatic rings. The summed E-state index contributed by atoms with van der Waals surface area (Å²) in [5, 5.41) is 14.3. The van der Waals surface area contributed by atoms with E-state index in [2.05, 4.69) is 16.4 Å². The maximum absolute atomic E-state index is 12.6. The van der Waals surface area contributed by atoms with E-state index in [4.69, 9.17) is 9.15 Å². The van der Waals surface area contributed by atoms with Gasteiger partial charge in [0.05, 0.1) is 42.8 Å². The van der Waals surface area contributed by atoms with Gasteiger partial charge in [0.2, 0.25) is 5.91 Å². The van der Waals surface area contributed by atoms with Crippen LogP contribution in [0.3, 0.4) is 0 Å². The van der Waals surface area contributed by atoms with Gasteiger partial charge in [-0.2, -0.15) is 5.26 Å². The molecular weight excluding hydrogens is 436 g/mol. The molecule has 3 rings (SSSR count). The Kier molecular flexibility index (Phi) is 7.55. The highest BCUT2D eigenvalue weighted by molar-refractivity contribution is 8.01. The smallest absolute Gasteiger partial charge is 0.311 e. The number of thiazole rings is 1. The molecule has 1 amide bonds. The Morgan fingerprint density at radius 1 is 1.42 bits per heavy atom. The maximum Gasteiger partial charge on any atom is 0.311 e. The summed E-state index contributed by atoms with van der Waals surface area (Å²) in [6.07, 6.45) is 1.70. The Balaban J connectivity index is 1.67. The molecule has 0 fully saturated rings. The first-order valence-corrected chi connectivity index (χ1v) is 11.4. The van der Waals surface area contributed by atoms with Crippen LogP contribution in [0.1, 0.15) is 35.2 Å². The normalized spacial score (nSPS) is 10.6. The van der Waals surface area contributed by atoms with Gasteiger partial charge in [0.25, 0.3) is 0 Å². The van der Waals surface area contributed by atoms with E-state index in [-0.39, 0.29) is 24.1 Å². The molecule has 0 aromatic carbocycles. The number of nitrogens with one attached hydrogen (secondary N) is 1. The molecule has 0 bridgehead atoms. The predicted octanol–water partition coefficient (Wildman–Crippen LogP) is 3.91. The molecule has 3 aromatic heterocycles. The van der Waals surface area contributed by atoms with E-state index in [1.807, 2.05) is 24.5 Å². The van der Waals surface area contributed by atoms with Crippen molar-refractivity contribution in [2.75, 3.05) is 17.7 Å². The highest BCUT2D eigenvalue weighted by atomic mass is 32.2. The van der Waals surface area contributed by atoms with E-state index in [0.717, 1.165) is 17.0 Å². The van der Waals surface area contributed by atoms with Crippen molar-refractivity contribution in [2.24, 2.45) is 0 Å². The summed E-state index contributed by atoms with van der Waals surface area (Å²) in [7, 11) is 0. The first-order chi connectivity index (χ1) is 14.9. The molecule has 0 saturated carbocycles. The van der Waals surface area contributed by atoms with Gasteiger partial charge in [-0.3, -0.25) is 9.59 Å². The third-order valence-corrected chi connectivity index (χ3v) is 6.65. The number of rotatable bonds is 9. The fourth-order valence-electron chi connectivity index (χ4n) is 2.98. The topological polar surface area (TPSA) is 110 Å². The second-order valence-corrected chi connectivity index (χ2v) is 8.72. The molecule has 0 aliphatic carbocycles. The lowest BCUT2D eigenvalue weighted by Gasteiger charge is -2.11. The molecule has 0 spiro atoms. The zero-order chi connectivity index (χ0) is 22.4. The number of nitriles is 1. The van der Waals surface area contributed by atoms with Gasteiger partial charge in [-0.15, -0.1) is 11.3 Å². The van der Waals surface area contributed by atoms with Gasteiger partial charge < -0.3 is 19.0 Å². The number of hydrogen-bond donors (Lipinski definition) is 1. The number of ether oxygens (including phenoxy) is 1. The molecule has 10 heteroatoms. The Hall–Kier alpha value is -3.03. The number of carbonyl (C=O) groups is 2. The number of furan rings is 1. The zero-order valence-electron chi connectivity index (χ0n) is 17.4. The summed E-state index contributed by atoms with van der Waals surface area (Å²) in [6.45, 7) is 6.26. The van der Waals surface area contributed by atoms with Crippen LogP contribution in [0.5, 0.6) is 0 Å². The molecule has 162 valence electrons. The van der Waals surface area contributed by atoms with Crippen LogP contribution in [-0.4, -0.2) is 33.8 Å². The minimum absolute atomic E-state index is 0.113. The SMILES string of the molecule is CCOC(=O)Cc1csc(SCC(=O)Nc2c(C#N)c(C)c(C)n2Cc2ccco2)n1. The molecule has 1 N–H and O–H groups in total. The average molecular weight is 459 g/mol. The first-order valence-electron chi connectivity index (χ1n) is 9.57. The molecule has 0 aliphatic heterocycles. The number of thioether (sulfide) groups is 1. The number of nitrogens with zero attached hydrogens (tertiary/aromatic N) is 3. The first kappa shape index (κ1) is 22.7. The standard InChI is InChI=1S/C21H22N4O4S2/c1-4-28-19(27)8-15-11-30-21(23-15)31-12-18(26)24-20-17(9-22)13(2)14(3)25(20)10-16-6-5-7-29-16/h5-7,11H,4,8,10,12H2,1-3H3,(H,24,26). The minimum Gasteiger partial charge on any atom is -0.467 e. The minimum atomic E-state index is -0.325. The van der Waals surface area contributed by atoms with Crippen LogP contribution in [0.15, 0.2) is 32.5 Å². The summed E-state index contributed by atoms with van der Waals surface area (Å²) >= 11 is 2.65. The second kappa shape index (κ2) is 10.3. The second-order valence-electron chi connectivity index (χ2n) is 6.63. The van der Waals surface area contributed by atoms with Crippen LogP contribution in [0, 0.1) is 25.2 Å². The van der Waals surface area contributed by atoms with Crippen LogP contribution in [0.4, 0.5) is 5.82 Å². The lowest BCUT2D eigenvalue weighted by molar-refractivity contribution is -0.142. The fraction of sp³-hybridized carbons (Fsp3) is 0.333. The zero-order valence-corrected chi connectivity index (χ0v) is 19.1. The van der Waals surface area contributed by atoms with E-state index >= 15 is 0 Å². The summed E-state index contributed by atoms with van der Waals surface area (Å²) in [6, 6.07) is 5.83. The quantitative estimate of drug-likeness (QED) is 0.382. The van der Waals surface area contributed by atoms with Crippen molar-refractivity contribution in [3.8, 4) is 6.07 Å². The van der Waals surface area contributed by atoms with Crippen molar-refractivity contribution in [1.29, 1.82) is 5.26 Å². The maximum atomic E-state index is 12.6. The van der Waals surface area contributed by atoms with Gasteiger partial charge >= 0.3 is 5.97 Å². The molecule has 3 heterocycles. The summed E-state index contributed by atoms with van der Waals surface area (Å²) in [5.41, 5.74) is 2.77. The summed E-state index contributed by atoms with van der Waals surface area (Å²) in [4.78, 5) is 28.5. The van der Waals surface area contributed by atoms with Crippen LogP contribution in [0.2, 0.25) is 0 Å². The lowest BCUT2D eigenvalue weighted by atomic mass is 10.2. The number of anilines is 1. The van der Waals surface area contributed by atoms with Gasteiger partial charge in [0, 0.05) is 11.1 Å². The highest BCUT2D eigenvalue weighted by Gasteiger charge is 2.20. The highest BCUT2D eigenvalue weighted by Crippen LogP contribution is 2.28. The van der Waals surface area contributed by atoms with Crippen molar-refractivity contribution >= 4 is 40.8 Å². The third-order valence-electron chi connectivity index (χ3n) is 4.58. The number of hydrogen-bond acceptors (Lipinski definition) is 8. The number of carbonyl (C=O) groups excluding carboxylic acids is 2. The van der Waals surface area contributed by atoms with E-state index in [9.17, 15) is 14.9 Å². The van der Waals surface area contributed by atoms with Crippen LogP contribution in [0.25, 0.3) is 0 Å². The molecule has 31 heavy (non-hydrogen) atoms. The van der Waals surface area contributed by atoms with Crippen LogP contribution in [-0.2, 0) is 27.3 Å². The molecule has 0 radical (unpaired) electrons. The molecule has 8 nitrogen and oxygen atoms in total. The van der Waals surface area contributed by atoms with Crippen molar-refractivity contribution < 1.29 is 18.7 Å². The molecular formula is C21H22N4O4S2. The van der Waals surface area contributed by atoms with Gasteiger partial charge in [-0.05, 0) is 38.5 Å². The van der Waals surface area contributed by atoms with Crippen molar-refractivity contribution in [3.63, 3.8) is 0 Å². The van der Waals surface area contributed by atoms with Crippen molar-refractivity contribution in [3.05, 3.63) is 52.1 Å². The van der Waals surface area contributed by atoms with E-state index in [1.54, 1.807) is 24.6 Å². The van der Waals surface area contributed by atoms with E-state index < -0.39 is 0 Å². The summed E-state index contributed by atoms with van der Waals surface area (Å²) in [5.74, 6) is 0.739. The van der Waals surface area contributed by atoms with Gasteiger partial charge in [0.15, 0.2) is 4.34 Å². The monoisotopic (exact) mass is 458 g/mol. The van der Waals surface area contributed by atoms with Crippen molar-refractivity contribution in [1.82, 2.24) is 9.55 Å². The largest absolute Gasteiger partial charge is 0.467 e. The molecule has 3 aromatic rings. The fourth-order valence-corrected chi connectivity index (χ4v) is 4.62. The average Bonchev–Trinajstić information content (AvgIpc) is 3.45.